The van der Waals surface area contributed by atoms with E-state index in [-0.39, 0.29) is 18.0 Å². The molecule has 0 unspecified atom stereocenters. The van der Waals surface area contributed by atoms with Crippen molar-refractivity contribution in [2.45, 2.75) is 26.9 Å². The van der Waals surface area contributed by atoms with Crippen LogP contribution in [0.15, 0.2) is 18.2 Å². The Morgan fingerprint density at radius 1 is 1.22 bits per heavy atom. The molecule has 0 bridgehead atoms. The molecule has 23 heavy (non-hydrogen) atoms. The van der Waals surface area contributed by atoms with Crippen LogP contribution in [0.3, 0.4) is 0 Å². The van der Waals surface area contributed by atoms with Gasteiger partial charge in [-0.05, 0) is 26.8 Å². The SMILES string of the molecule is CCNC(=O)N1CCN(C(=O)c2cccc(OC(C)C)n2)CC1. The molecule has 7 heteroatoms. The molecule has 1 aromatic rings. The van der Waals surface area contributed by atoms with Gasteiger partial charge < -0.3 is 19.9 Å². The van der Waals surface area contributed by atoms with Crippen molar-refractivity contribution in [2.75, 3.05) is 32.7 Å². The Kier molecular flexibility index (Phi) is 5.78. The first-order valence-corrected chi connectivity index (χ1v) is 7.97. The first-order chi connectivity index (χ1) is 11.0. The smallest absolute Gasteiger partial charge is 0.317 e. The van der Waals surface area contributed by atoms with Crippen LogP contribution in [0.2, 0.25) is 0 Å². The molecule has 1 aromatic heterocycles. The third kappa shape index (κ3) is 4.58. The highest BCUT2D eigenvalue weighted by Crippen LogP contribution is 2.13. The summed E-state index contributed by atoms with van der Waals surface area (Å²) in [6, 6.07) is 5.11. The Hall–Kier alpha value is -2.31. The lowest BCUT2D eigenvalue weighted by molar-refractivity contribution is 0.0658. The Balaban J connectivity index is 1.96. The van der Waals surface area contributed by atoms with Crippen LogP contribution in [0.1, 0.15) is 31.3 Å². The predicted molar refractivity (Wildman–Crippen MR) is 86.6 cm³/mol. The summed E-state index contributed by atoms with van der Waals surface area (Å²) in [6.45, 7) is 8.38. The van der Waals surface area contributed by atoms with Gasteiger partial charge in [0, 0.05) is 38.8 Å². The van der Waals surface area contributed by atoms with Gasteiger partial charge in [0.25, 0.3) is 5.91 Å². The molecule has 2 rings (SSSR count). The maximum atomic E-state index is 12.5. The Labute approximate surface area is 136 Å². The molecule has 1 aliphatic rings. The van der Waals surface area contributed by atoms with Crippen LogP contribution in [0.25, 0.3) is 0 Å². The van der Waals surface area contributed by atoms with Crippen LogP contribution >= 0.6 is 0 Å². The van der Waals surface area contributed by atoms with Gasteiger partial charge >= 0.3 is 6.03 Å². The second kappa shape index (κ2) is 7.80. The normalized spacial score (nSPS) is 14.8. The average Bonchev–Trinajstić information content (AvgIpc) is 2.54. The number of pyridine rings is 1. The standard InChI is InChI=1S/C16H24N4O3/c1-4-17-16(22)20-10-8-19(9-11-20)15(21)13-6-5-7-14(18-13)23-12(2)3/h5-7,12H,4,8-11H2,1-3H3,(H,17,22). The van der Waals surface area contributed by atoms with Crippen molar-refractivity contribution in [3.05, 3.63) is 23.9 Å². The molecule has 0 radical (unpaired) electrons. The number of carbonyl (C=O) groups excluding carboxylic acids is 2. The summed E-state index contributed by atoms with van der Waals surface area (Å²) in [6.07, 6.45) is 0.00785. The van der Waals surface area contributed by atoms with E-state index in [2.05, 4.69) is 10.3 Å². The van der Waals surface area contributed by atoms with Gasteiger partial charge in [0.2, 0.25) is 5.88 Å². The molecule has 3 amide bonds. The highest BCUT2D eigenvalue weighted by Gasteiger charge is 2.25. The molecule has 1 N–H and O–H groups in total. The number of amides is 3. The van der Waals surface area contributed by atoms with E-state index in [1.165, 1.54) is 0 Å². The van der Waals surface area contributed by atoms with Gasteiger partial charge in [0.05, 0.1) is 6.10 Å². The molecule has 0 aliphatic carbocycles. The van der Waals surface area contributed by atoms with Crippen molar-refractivity contribution in [2.24, 2.45) is 0 Å². The Morgan fingerprint density at radius 2 is 1.87 bits per heavy atom. The highest BCUT2D eigenvalue weighted by molar-refractivity contribution is 5.92. The van der Waals surface area contributed by atoms with E-state index in [9.17, 15) is 9.59 Å². The molecule has 0 spiro atoms. The van der Waals surface area contributed by atoms with Gasteiger partial charge in [-0.25, -0.2) is 9.78 Å². The summed E-state index contributed by atoms with van der Waals surface area (Å²) in [5.41, 5.74) is 0.370. The minimum atomic E-state index is -0.130. The molecule has 2 heterocycles. The average molecular weight is 320 g/mol. The van der Waals surface area contributed by atoms with Crippen LogP contribution in [0, 0.1) is 0 Å². The number of carbonyl (C=O) groups is 2. The minimum Gasteiger partial charge on any atom is -0.475 e. The number of nitrogens with one attached hydrogen (secondary N) is 1. The maximum absolute atomic E-state index is 12.5. The Morgan fingerprint density at radius 3 is 2.48 bits per heavy atom. The number of nitrogens with zero attached hydrogens (tertiary/aromatic N) is 3. The van der Waals surface area contributed by atoms with Crippen molar-refractivity contribution >= 4 is 11.9 Å². The minimum absolute atomic E-state index is 0.00785. The zero-order valence-electron chi connectivity index (χ0n) is 13.9. The molecule has 1 fully saturated rings. The second-order valence-electron chi connectivity index (χ2n) is 5.64. The van der Waals surface area contributed by atoms with Gasteiger partial charge in [-0.1, -0.05) is 6.07 Å². The van der Waals surface area contributed by atoms with E-state index in [0.29, 0.717) is 44.3 Å². The molecule has 0 saturated carbocycles. The van der Waals surface area contributed by atoms with Crippen LogP contribution in [0.5, 0.6) is 5.88 Å². The first kappa shape index (κ1) is 17.1. The van der Waals surface area contributed by atoms with Crippen molar-refractivity contribution in [3.63, 3.8) is 0 Å². The number of ether oxygens (including phenoxy) is 1. The lowest BCUT2D eigenvalue weighted by Gasteiger charge is -2.34. The van der Waals surface area contributed by atoms with E-state index in [4.69, 9.17) is 4.74 Å². The lowest BCUT2D eigenvalue weighted by Crippen LogP contribution is -2.53. The number of hydrogen-bond donors (Lipinski definition) is 1. The van der Waals surface area contributed by atoms with Crippen molar-refractivity contribution in [1.29, 1.82) is 0 Å². The third-order valence-electron chi connectivity index (χ3n) is 3.48. The summed E-state index contributed by atoms with van der Waals surface area (Å²) < 4.78 is 5.52. The van der Waals surface area contributed by atoms with Gasteiger partial charge in [-0.15, -0.1) is 0 Å². The fourth-order valence-electron chi connectivity index (χ4n) is 2.38. The summed E-state index contributed by atoms with van der Waals surface area (Å²) >= 11 is 0. The van der Waals surface area contributed by atoms with E-state index in [0.717, 1.165) is 0 Å². The maximum Gasteiger partial charge on any atom is 0.317 e. The Bertz CT molecular complexity index is 554. The van der Waals surface area contributed by atoms with Crippen molar-refractivity contribution in [1.82, 2.24) is 20.1 Å². The van der Waals surface area contributed by atoms with Crippen LogP contribution in [-0.4, -0.2) is 65.5 Å². The topological polar surface area (TPSA) is 74.8 Å². The number of rotatable bonds is 4. The summed E-state index contributed by atoms with van der Waals surface area (Å²) in [4.78, 5) is 32.0. The number of hydrogen-bond acceptors (Lipinski definition) is 4. The first-order valence-electron chi connectivity index (χ1n) is 7.97. The van der Waals surface area contributed by atoms with E-state index >= 15 is 0 Å². The van der Waals surface area contributed by atoms with E-state index in [1.807, 2.05) is 20.8 Å². The monoisotopic (exact) mass is 320 g/mol. The largest absolute Gasteiger partial charge is 0.475 e. The molecule has 1 aliphatic heterocycles. The summed E-state index contributed by atoms with van der Waals surface area (Å²) in [5, 5.41) is 2.77. The number of urea groups is 1. The second-order valence-corrected chi connectivity index (χ2v) is 5.64. The van der Waals surface area contributed by atoms with Crippen molar-refractivity contribution in [3.8, 4) is 5.88 Å². The quantitative estimate of drug-likeness (QED) is 0.909. The van der Waals surface area contributed by atoms with E-state index < -0.39 is 0 Å². The molecule has 7 nitrogen and oxygen atoms in total. The zero-order valence-corrected chi connectivity index (χ0v) is 13.9. The number of piperazine rings is 1. The summed E-state index contributed by atoms with van der Waals surface area (Å²) in [7, 11) is 0. The van der Waals surface area contributed by atoms with Crippen LogP contribution < -0.4 is 10.1 Å². The fraction of sp³-hybridized carbons (Fsp3) is 0.562. The molecule has 1 saturated heterocycles. The van der Waals surface area contributed by atoms with Gasteiger partial charge in [-0.3, -0.25) is 4.79 Å². The van der Waals surface area contributed by atoms with Gasteiger partial charge in [0.1, 0.15) is 5.69 Å². The molecule has 126 valence electrons. The molecule has 0 aromatic carbocycles. The highest BCUT2D eigenvalue weighted by atomic mass is 16.5. The fourth-order valence-corrected chi connectivity index (χ4v) is 2.38. The van der Waals surface area contributed by atoms with Gasteiger partial charge in [-0.2, -0.15) is 0 Å². The summed E-state index contributed by atoms with van der Waals surface area (Å²) in [5.74, 6) is 0.321. The van der Waals surface area contributed by atoms with Crippen molar-refractivity contribution < 1.29 is 14.3 Å². The molecular formula is C16H24N4O3. The predicted octanol–water partition coefficient (Wildman–Crippen LogP) is 1.36. The third-order valence-corrected chi connectivity index (χ3v) is 3.48. The zero-order chi connectivity index (χ0) is 16.8. The van der Waals surface area contributed by atoms with E-state index in [1.54, 1.807) is 28.0 Å². The van der Waals surface area contributed by atoms with Crippen LogP contribution in [0.4, 0.5) is 4.79 Å². The number of aromatic nitrogens is 1. The lowest BCUT2D eigenvalue weighted by atomic mass is 10.2. The molecular weight excluding hydrogens is 296 g/mol. The molecule has 0 atom stereocenters. The van der Waals surface area contributed by atoms with Crippen LogP contribution in [-0.2, 0) is 0 Å². The van der Waals surface area contributed by atoms with Gasteiger partial charge in [0.15, 0.2) is 0 Å².